The van der Waals surface area contributed by atoms with E-state index in [4.69, 9.17) is 4.42 Å². The van der Waals surface area contributed by atoms with E-state index < -0.39 is 0 Å². The molecule has 3 spiro atoms. The van der Waals surface area contributed by atoms with Crippen LogP contribution in [0.1, 0.15) is 205 Å². The molecule has 0 saturated heterocycles. The predicted octanol–water partition coefficient (Wildman–Crippen LogP) is 37.8. The summed E-state index contributed by atoms with van der Waals surface area (Å²) in [4.78, 5) is 7.91. The third kappa shape index (κ3) is 11.8. The number of fused-ring (bicyclic) bond motifs is 23. The average Bonchev–Trinajstić information content (AvgIpc) is 1.53. The van der Waals surface area contributed by atoms with E-state index in [0.29, 0.717) is 35.5 Å². The fraction of sp³-hybridized carbons (Fsp3) is 0.273. The molecule has 0 N–H and O–H groups in total. The van der Waals surface area contributed by atoms with Crippen LogP contribution in [0.4, 0.5) is 51.2 Å². The molecule has 12 saturated carbocycles. The zero-order valence-electron chi connectivity index (χ0n) is 85.2. The lowest BCUT2D eigenvalue weighted by molar-refractivity contribution is -0.0397. The number of para-hydroxylation sites is 1. The van der Waals surface area contributed by atoms with Crippen molar-refractivity contribution in [1.29, 1.82) is 0 Å². The number of benzene rings is 18. The average molecular weight is 1900 g/mol. The van der Waals surface area contributed by atoms with Gasteiger partial charge in [-0.2, -0.15) is 0 Å². The quantitative estimate of drug-likeness (QED) is 0.144. The van der Waals surface area contributed by atoms with Crippen molar-refractivity contribution < 1.29 is 4.42 Å². The maximum atomic E-state index is 6.57. The van der Waals surface area contributed by atoms with Crippen LogP contribution in [0.5, 0.6) is 0 Å². The first-order valence-corrected chi connectivity index (χ1v) is 55.8. The third-order valence-electron chi connectivity index (χ3n) is 41.5. The van der Waals surface area contributed by atoms with Crippen LogP contribution < -0.4 is 14.7 Å². The van der Waals surface area contributed by atoms with Crippen LogP contribution >= 0.6 is 0 Å². The Bertz CT molecular complexity index is 8730. The van der Waals surface area contributed by atoms with E-state index in [-0.39, 0.29) is 32.5 Å². The monoisotopic (exact) mass is 1900 g/mol. The molecule has 0 atom stereocenters. The van der Waals surface area contributed by atoms with Crippen LogP contribution in [0.25, 0.3) is 110 Å². The molecule has 1 aromatic heterocycles. The zero-order valence-corrected chi connectivity index (χ0v) is 85.2. The minimum Gasteiger partial charge on any atom is -0.456 e. The molecule has 0 unspecified atom stereocenters. The Morgan fingerprint density at radius 3 is 0.871 bits per heavy atom. The van der Waals surface area contributed by atoms with Crippen molar-refractivity contribution in [2.75, 3.05) is 14.7 Å². The lowest BCUT2D eigenvalue weighted by Crippen LogP contribution is -2.55. The fourth-order valence-electron chi connectivity index (χ4n) is 36.5. The first-order chi connectivity index (χ1) is 72.0. The zero-order chi connectivity index (χ0) is 97.2. The highest BCUT2D eigenvalue weighted by molar-refractivity contribution is 6.08. The molecule has 0 radical (unpaired) electrons. The molecule has 0 amide bonds. The van der Waals surface area contributed by atoms with E-state index in [2.05, 4.69) is 438 Å². The largest absolute Gasteiger partial charge is 0.456 e. The van der Waals surface area contributed by atoms with Crippen LogP contribution in [0.3, 0.4) is 0 Å². The van der Waals surface area contributed by atoms with Crippen molar-refractivity contribution >= 4 is 94.7 Å². The number of hydrogen-bond acceptors (Lipinski definition) is 4. The number of rotatable bonds is 9. The molecule has 12 bridgehead atoms. The SMILES string of the molecule is CC1(C)c2ccccc2-c2ccc(N(c3ccc4c(c3)oc3ccccc34)c3cccc4c3C3(c5ccccc5-4)C4CC5CC(C4)CC3C5)cc21.CC1(C)c2ccccc2-c2ccc(N(c3ccc4ccccc4c3)c3cccc4c3C3(c5ccccc5-4)C4CC5CC(C4)CC3C5)cc21.CC1(C)c2ccccc2-c2ccc(N(c3cccc4c3C3(c5ccccc5-4)C4CC5CC(C4)CC3C5)c3cccc4ccccc34)cc21. The van der Waals surface area contributed by atoms with Gasteiger partial charge in [0.15, 0.2) is 0 Å². The Kier molecular flexibility index (Phi) is 18.2. The molecule has 12 fully saturated rings. The van der Waals surface area contributed by atoms with E-state index in [1.165, 1.54) is 274 Å². The second-order valence-corrected chi connectivity index (χ2v) is 49.3. The van der Waals surface area contributed by atoms with Gasteiger partial charge in [0.2, 0.25) is 0 Å². The number of hydrogen-bond donors (Lipinski definition) is 0. The molecular weight excluding hydrogens is 1780 g/mol. The summed E-state index contributed by atoms with van der Waals surface area (Å²) in [5, 5.41) is 7.50. The van der Waals surface area contributed by atoms with Crippen LogP contribution in [0, 0.1) is 71.0 Å². The van der Waals surface area contributed by atoms with E-state index in [1.807, 2.05) is 0 Å². The highest BCUT2D eigenvalue weighted by atomic mass is 16.3. The topological polar surface area (TPSA) is 22.9 Å². The van der Waals surface area contributed by atoms with Crippen LogP contribution in [-0.2, 0) is 32.5 Å². The molecule has 19 aromatic rings. The maximum absolute atomic E-state index is 6.57. The first-order valence-electron chi connectivity index (χ1n) is 55.8. The van der Waals surface area contributed by atoms with Crippen LogP contribution in [-0.4, -0.2) is 0 Å². The smallest absolute Gasteiger partial charge is 0.137 e. The maximum Gasteiger partial charge on any atom is 0.137 e. The molecule has 0 aliphatic heterocycles. The lowest BCUT2D eigenvalue weighted by atomic mass is 9.43. The second kappa shape index (κ2) is 31.2. The van der Waals surface area contributed by atoms with Gasteiger partial charge in [-0.25, -0.2) is 0 Å². The Hall–Kier alpha value is -14.3. The Balaban J connectivity index is 0.0000000980. The second-order valence-electron chi connectivity index (χ2n) is 49.3. The van der Waals surface area contributed by atoms with E-state index >= 15 is 0 Å². The Labute approximate surface area is 864 Å². The standard InChI is InChI=1S/C49H41NO.2C47H41N/c1-48(2)41-14-6-3-10-35(41)37-20-18-33(27-43(37)48)50(34-19-21-39-38-12-5-8-17-45(38)51-46(39)28-34)44-16-9-13-40-36-11-4-7-15-42(36)49(47(40)44)31-23-29-22-30(25-31)26-32(49)24-29;1-46(2)40-17-7-5-14-36(40)38-22-21-34(28-42(38)46)48(43-19-9-12-31-11-3-4-13-35(31)43)44-20-10-16-39-37-15-6-8-18-41(37)47(45(39)44)32-24-29-23-30(26-32)27-33(47)25-29;1-46(2)41-15-7-5-12-37(41)39-21-20-36(28-43(39)46)48(35-19-18-31-10-3-4-11-32(31)27-35)44-17-9-14-40-38-13-6-8-16-42(38)47(45(40)44)33-23-29-22-30(25-33)26-34(47)24-29/h3-21,27-32H,22-26H2,1-2H3;3-22,28-30,32-33H,23-27H2,1-2H3;3-21,27-30,33-34H,22-26H2,1-2H3. The predicted molar refractivity (Wildman–Crippen MR) is 608 cm³/mol. The van der Waals surface area contributed by atoms with Gasteiger partial charge in [0, 0.05) is 83.2 Å². The number of anilines is 9. The van der Waals surface area contributed by atoms with Crippen LogP contribution in [0.15, 0.2) is 387 Å². The molecule has 716 valence electrons. The van der Waals surface area contributed by atoms with Gasteiger partial charge >= 0.3 is 0 Å². The van der Waals surface area contributed by atoms with Gasteiger partial charge in [0.1, 0.15) is 11.2 Å². The molecule has 18 aliphatic carbocycles. The Morgan fingerprint density at radius 2 is 0.456 bits per heavy atom. The van der Waals surface area contributed by atoms with Gasteiger partial charge in [-0.15, -0.1) is 0 Å². The van der Waals surface area contributed by atoms with Crippen molar-refractivity contribution in [2.24, 2.45) is 71.0 Å². The molecule has 18 aliphatic rings. The molecular formula is C143H123N3O. The van der Waals surface area contributed by atoms with Crippen molar-refractivity contribution in [2.45, 2.75) is 170 Å². The first kappa shape index (κ1) is 85.9. The number of furan rings is 1. The van der Waals surface area contributed by atoms with Gasteiger partial charge < -0.3 is 19.1 Å². The normalized spacial score (nSPS) is 26.1. The molecule has 4 heteroatoms. The summed E-state index contributed by atoms with van der Waals surface area (Å²) in [6.45, 7) is 14.4. The lowest BCUT2D eigenvalue weighted by Gasteiger charge is -2.61. The van der Waals surface area contributed by atoms with Gasteiger partial charge in [0.25, 0.3) is 0 Å². The summed E-state index contributed by atoms with van der Waals surface area (Å²) >= 11 is 0. The van der Waals surface area contributed by atoms with Crippen molar-refractivity contribution in [3.8, 4) is 66.8 Å². The van der Waals surface area contributed by atoms with Gasteiger partial charge in [-0.3, -0.25) is 0 Å². The van der Waals surface area contributed by atoms with E-state index in [1.54, 1.807) is 33.4 Å². The molecule has 4 nitrogen and oxygen atoms in total. The minimum atomic E-state index is -0.0895. The molecule has 1 heterocycles. The van der Waals surface area contributed by atoms with Crippen molar-refractivity contribution in [3.05, 3.63) is 449 Å². The molecule has 147 heavy (non-hydrogen) atoms. The summed E-state index contributed by atoms with van der Waals surface area (Å²) in [6.07, 6.45) is 20.9. The highest BCUT2D eigenvalue weighted by Crippen LogP contribution is 2.76. The summed E-state index contributed by atoms with van der Waals surface area (Å²) in [7, 11) is 0. The van der Waals surface area contributed by atoms with Gasteiger partial charge in [-0.1, -0.05) is 327 Å². The van der Waals surface area contributed by atoms with Crippen molar-refractivity contribution in [3.63, 3.8) is 0 Å². The van der Waals surface area contributed by atoms with E-state index in [9.17, 15) is 0 Å². The van der Waals surface area contributed by atoms with E-state index in [0.717, 1.165) is 52.4 Å². The summed E-state index contributed by atoms with van der Waals surface area (Å²) in [6, 6.07) is 146. The highest BCUT2D eigenvalue weighted by Gasteiger charge is 2.67. The molecule has 37 rings (SSSR count). The molecule has 18 aromatic carbocycles. The van der Waals surface area contributed by atoms with Gasteiger partial charge in [0.05, 0.1) is 22.7 Å². The minimum absolute atomic E-state index is 0.0455. The summed E-state index contributed by atoms with van der Waals surface area (Å²) in [5.41, 5.74) is 48.5. The summed E-state index contributed by atoms with van der Waals surface area (Å²) < 4.78 is 6.57. The third-order valence-corrected chi connectivity index (χ3v) is 41.5. The Morgan fingerprint density at radius 1 is 0.184 bits per heavy atom. The van der Waals surface area contributed by atoms with Crippen LogP contribution in [0.2, 0.25) is 0 Å². The van der Waals surface area contributed by atoms with Gasteiger partial charge in [-0.05, 0) is 408 Å². The van der Waals surface area contributed by atoms with Crippen molar-refractivity contribution in [1.82, 2.24) is 0 Å². The summed E-state index contributed by atoms with van der Waals surface area (Å²) in [5.74, 6) is 9.66. The number of nitrogens with zero attached hydrogens (tertiary/aromatic N) is 3. The fourth-order valence-corrected chi connectivity index (χ4v) is 36.5.